The van der Waals surface area contributed by atoms with Gasteiger partial charge >= 0.3 is 0 Å². The summed E-state index contributed by atoms with van der Waals surface area (Å²) in [7, 11) is 0. The van der Waals surface area contributed by atoms with Crippen LogP contribution in [0.5, 0.6) is 5.75 Å². The molecule has 5 heteroatoms. The average Bonchev–Trinajstić information content (AvgIpc) is 2.23. The van der Waals surface area contributed by atoms with Gasteiger partial charge in [-0.15, -0.1) is 0 Å². The maximum absolute atomic E-state index is 13.3. The minimum Gasteiger partial charge on any atom is -0.508 e. The SMILES string of the molecule is CC(O)CCCNC(=O)c1ccc(O)cc1F. The molecular weight excluding hydrogens is 225 g/mol. The number of carbonyl (C=O) groups excluding carboxylic acids is 1. The number of hydrogen-bond donors (Lipinski definition) is 3. The lowest BCUT2D eigenvalue weighted by atomic mass is 10.2. The van der Waals surface area contributed by atoms with E-state index in [1.807, 2.05) is 0 Å². The first kappa shape index (κ1) is 13.4. The highest BCUT2D eigenvalue weighted by Crippen LogP contribution is 2.14. The topological polar surface area (TPSA) is 69.6 Å². The van der Waals surface area contributed by atoms with Crippen molar-refractivity contribution in [3.8, 4) is 5.75 Å². The van der Waals surface area contributed by atoms with Gasteiger partial charge in [0.2, 0.25) is 0 Å². The molecule has 0 fully saturated rings. The van der Waals surface area contributed by atoms with Gasteiger partial charge in [-0.2, -0.15) is 0 Å². The van der Waals surface area contributed by atoms with E-state index in [-0.39, 0.29) is 11.3 Å². The van der Waals surface area contributed by atoms with Crippen molar-refractivity contribution in [1.82, 2.24) is 5.32 Å². The number of nitrogens with one attached hydrogen (secondary N) is 1. The van der Waals surface area contributed by atoms with Crippen LogP contribution >= 0.6 is 0 Å². The van der Waals surface area contributed by atoms with Gasteiger partial charge in [0.05, 0.1) is 11.7 Å². The van der Waals surface area contributed by atoms with E-state index >= 15 is 0 Å². The molecule has 94 valence electrons. The Morgan fingerprint density at radius 2 is 2.24 bits per heavy atom. The molecule has 0 aliphatic heterocycles. The van der Waals surface area contributed by atoms with Crippen molar-refractivity contribution in [2.45, 2.75) is 25.9 Å². The molecular formula is C12H16FNO3. The molecule has 0 bridgehead atoms. The van der Waals surface area contributed by atoms with Crippen molar-refractivity contribution in [3.05, 3.63) is 29.6 Å². The lowest BCUT2D eigenvalue weighted by Crippen LogP contribution is -2.25. The number of benzene rings is 1. The number of hydrogen-bond acceptors (Lipinski definition) is 3. The molecule has 0 aliphatic carbocycles. The normalized spacial score (nSPS) is 12.2. The molecule has 0 radical (unpaired) electrons. The van der Waals surface area contributed by atoms with Crippen molar-refractivity contribution >= 4 is 5.91 Å². The maximum Gasteiger partial charge on any atom is 0.254 e. The fourth-order valence-corrected chi connectivity index (χ4v) is 1.38. The van der Waals surface area contributed by atoms with Crippen molar-refractivity contribution in [1.29, 1.82) is 0 Å². The second-order valence-electron chi connectivity index (χ2n) is 3.91. The maximum atomic E-state index is 13.3. The van der Waals surface area contributed by atoms with Crippen LogP contribution in [0.15, 0.2) is 18.2 Å². The number of aliphatic hydroxyl groups is 1. The number of aromatic hydroxyl groups is 1. The largest absolute Gasteiger partial charge is 0.508 e. The molecule has 0 spiro atoms. The van der Waals surface area contributed by atoms with Crippen LogP contribution in [-0.2, 0) is 0 Å². The summed E-state index contributed by atoms with van der Waals surface area (Å²) in [5.74, 6) is -1.49. The van der Waals surface area contributed by atoms with Gasteiger partial charge in [0.15, 0.2) is 0 Å². The fourth-order valence-electron chi connectivity index (χ4n) is 1.38. The Kier molecular flexibility index (Phi) is 4.90. The van der Waals surface area contributed by atoms with Crippen LogP contribution in [0, 0.1) is 5.82 Å². The van der Waals surface area contributed by atoms with E-state index in [4.69, 9.17) is 10.2 Å². The van der Waals surface area contributed by atoms with Crippen LogP contribution < -0.4 is 5.32 Å². The highest BCUT2D eigenvalue weighted by molar-refractivity contribution is 5.94. The molecule has 4 nitrogen and oxygen atoms in total. The number of halogens is 1. The van der Waals surface area contributed by atoms with Crippen molar-refractivity contribution in [2.75, 3.05) is 6.54 Å². The van der Waals surface area contributed by atoms with Crippen molar-refractivity contribution in [3.63, 3.8) is 0 Å². The zero-order valence-corrected chi connectivity index (χ0v) is 9.61. The Hall–Kier alpha value is -1.62. The Labute approximate surface area is 99.1 Å². The van der Waals surface area contributed by atoms with Gasteiger partial charge in [-0.3, -0.25) is 4.79 Å². The minimum atomic E-state index is -0.752. The number of phenols is 1. The molecule has 0 heterocycles. The summed E-state index contributed by atoms with van der Waals surface area (Å²) < 4.78 is 13.3. The highest BCUT2D eigenvalue weighted by Gasteiger charge is 2.11. The zero-order chi connectivity index (χ0) is 12.8. The Bertz CT molecular complexity index is 393. The summed E-state index contributed by atoms with van der Waals surface area (Å²) in [6.07, 6.45) is 0.805. The van der Waals surface area contributed by atoms with E-state index in [1.54, 1.807) is 6.92 Å². The third-order valence-electron chi connectivity index (χ3n) is 2.28. The lowest BCUT2D eigenvalue weighted by Gasteiger charge is -2.07. The predicted octanol–water partition coefficient (Wildman–Crippen LogP) is 1.42. The van der Waals surface area contributed by atoms with Crippen LogP contribution in [0.2, 0.25) is 0 Å². The second-order valence-corrected chi connectivity index (χ2v) is 3.91. The van der Waals surface area contributed by atoms with Gasteiger partial charge in [-0.05, 0) is 31.9 Å². The summed E-state index contributed by atoms with van der Waals surface area (Å²) in [4.78, 5) is 11.5. The van der Waals surface area contributed by atoms with Gasteiger partial charge in [0, 0.05) is 12.6 Å². The summed E-state index contributed by atoms with van der Waals surface area (Å²) >= 11 is 0. The molecule has 3 N–H and O–H groups in total. The minimum absolute atomic E-state index is 0.0974. The fraction of sp³-hybridized carbons (Fsp3) is 0.417. The van der Waals surface area contributed by atoms with E-state index < -0.39 is 17.8 Å². The van der Waals surface area contributed by atoms with Crippen LogP contribution in [0.25, 0.3) is 0 Å². The molecule has 1 rings (SSSR count). The summed E-state index contributed by atoms with van der Waals surface area (Å²) in [5.41, 5.74) is -0.0974. The molecule has 1 unspecified atom stereocenters. The predicted molar refractivity (Wildman–Crippen MR) is 61.3 cm³/mol. The van der Waals surface area contributed by atoms with E-state index in [2.05, 4.69) is 5.32 Å². The Morgan fingerprint density at radius 3 is 2.82 bits per heavy atom. The molecule has 0 aromatic heterocycles. The second kappa shape index (κ2) is 6.20. The Morgan fingerprint density at radius 1 is 1.53 bits per heavy atom. The highest BCUT2D eigenvalue weighted by atomic mass is 19.1. The van der Waals surface area contributed by atoms with E-state index in [0.717, 1.165) is 6.07 Å². The van der Waals surface area contributed by atoms with Crippen LogP contribution in [0.3, 0.4) is 0 Å². The quantitative estimate of drug-likeness (QED) is 0.683. The van der Waals surface area contributed by atoms with Gasteiger partial charge in [-0.1, -0.05) is 0 Å². The van der Waals surface area contributed by atoms with Gasteiger partial charge in [0.25, 0.3) is 5.91 Å². The molecule has 1 aromatic carbocycles. The number of phenolic OH excluding ortho intramolecular Hbond substituents is 1. The molecule has 1 atom stereocenters. The average molecular weight is 241 g/mol. The first-order valence-electron chi connectivity index (χ1n) is 5.45. The standard InChI is InChI=1S/C12H16FNO3/c1-8(15)3-2-6-14-12(17)10-5-4-9(16)7-11(10)13/h4-5,7-8,15-16H,2-3,6H2,1H3,(H,14,17). The number of aliphatic hydroxyl groups excluding tert-OH is 1. The van der Waals surface area contributed by atoms with Crippen molar-refractivity contribution < 1.29 is 19.4 Å². The monoisotopic (exact) mass is 241 g/mol. The Balaban J connectivity index is 2.47. The van der Waals surface area contributed by atoms with E-state index in [0.29, 0.717) is 19.4 Å². The van der Waals surface area contributed by atoms with Crippen LogP contribution in [0.1, 0.15) is 30.1 Å². The summed E-state index contributed by atoms with van der Waals surface area (Å²) in [6, 6.07) is 3.38. The number of rotatable bonds is 5. The van der Waals surface area contributed by atoms with Gasteiger partial charge in [-0.25, -0.2) is 4.39 Å². The molecule has 0 aliphatic rings. The number of carbonyl (C=O) groups is 1. The van der Waals surface area contributed by atoms with Gasteiger partial charge in [0.1, 0.15) is 11.6 Å². The molecule has 1 aromatic rings. The zero-order valence-electron chi connectivity index (χ0n) is 9.61. The first-order valence-corrected chi connectivity index (χ1v) is 5.45. The number of amides is 1. The molecule has 0 saturated heterocycles. The molecule has 17 heavy (non-hydrogen) atoms. The lowest BCUT2D eigenvalue weighted by molar-refractivity contribution is 0.0945. The van der Waals surface area contributed by atoms with Crippen LogP contribution in [-0.4, -0.2) is 28.8 Å². The van der Waals surface area contributed by atoms with Gasteiger partial charge < -0.3 is 15.5 Å². The first-order chi connectivity index (χ1) is 8.00. The molecule has 0 saturated carbocycles. The molecule has 1 amide bonds. The summed E-state index contributed by atoms with van der Waals surface area (Å²) in [6.45, 7) is 2.05. The smallest absolute Gasteiger partial charge is 0.254 e. The van der Waals surface area contributed by atoms with E-state index in [9.17, 15) is 9.18 Å². The third-order valence-corrected chi connectivity index (χ3v) is 2.28. The third kappa shape index (κ3) is 4.40. The van der Waals surface area contributed by atoms with Crippen molar-refractivity contribution in [2.24, 2.45) is 0 Å². The van der Waals surface area contributed by atoms with E-state index in [1.165, 1.54) is 12.1 Å². The summed E-state index contributed by atoms with van der Waals surface area (Å²) in [5, 5.41) is 20.5. The van der Waals surface area contributed by atoms with Crippen LogP contribution in [0.4, 0.5) is 4.39 Å².